The molecule has 1 aliphatic carbocycles. The number of aromatic nitrogens is 1. The zero-order valence-corrected chi connectivity index (χ0v) is 14.1. The first-order valence-electron chi connectivity index (χ1n) is 8.02. The molecule has 0 saturated heterocycles. The maximum atomic E-state index is 13.2. The van der Waals surface area contributed by atoms with E-state index in [1.807, 2.05) is 25.1 Å². The first-order valence-corrected chi connectivity index (χ1v) is 8.83. The minimum atomic E-state index is -0.535. The molecule has 0 aliphatic heterocycles. The normalized spacial score (nSPS) is 15.9. The van der Waals surface area contributed by atoms with Gasteiger partial charge in [0.1, 0.15) is 5.82 Å². The number of amides is 1. The highest BCUT2D eigenvalue weighted by atomic mass is 32.1. The second-order valence-electron chi connectivity index (χ2n) is 6.31. The molecule has 1 amide bonds. The molecule has 1 aliphatic rings. The average Bonchev–Trinajstić information content (AvgIpc) is 2.87. The summed E-state index contributed by atoms with van der Waals surface area (Å²) in [7, 11) is 0. The molecule has 0 bridgehead atoms. The van der Waals surface area contributed by atoms with Gasteiger partial charge in [-0.15, -0.1) is 11.3 Å². The van der Waals surface area contributed by atoms with E-state index in [1.165, 1.54) is 12.1 Å². The molecule has 0 spiro atoms. The van der Waals surface area contributed by atoms with E-state index < -0.39 is 5.41 Å². The summed E-state index contributed by atoms with van der Waals surface area (Å²) in [5.74, 6) is -0.291. The van der Waals surface area contributed by atoms with Gasteiger partial charge in [-0.05, 0) is 55.7 Å². The van der Waals surface area contributed by atoms with E-state index in [1.54, 1.807) is 23.5 Å². The van der Waals surface area contributed by atoms with Crippen LogP contribution in [0.25, 0.3) is 10.2 Å². The van der Waals surface area contributed by atoms with E-state index in [-0.39, 0.29) is 11.7 Å². The fourth-order valence-corrected chi connectivity index (χ4v) is 4.18. The van der Waals surface area contributed by atoms with Crippen LogP contribution in [0.1, 0.15) is 29.8 Å². The average molecular weight is 340 g/mol. The molecule has 3 nitrogen and oxygen atoms in total. The zero-order chi connectivity index (χ0) is 16.7. The molecule has 1 heterocycles. The Morgan fingerprint density at radius 3 is 2.62 bits per heavy atom. The largest absolute Gasteiger partial charge is 0.325 e. The summed E-state index contributed by atoms with van der Waals surface area (Å²) in [5, 5.41) is 4.05. The van der Waals surface area contributed by atoms with E-state index in [9.17, 15) is 9.18 Å². The van der Waals surface area contributed by atoms with E-state index in [0.717, 1.165) is 45.7 Å². The molecule has 122 valence electrons. The molecule has 0 atom stereocenters. The molecule has 4 rings (SSSR count). The summed E-state index contributed by atoms with van der Waals surface area (Å²) in [6, 6.07) is 12.1. The molecule has 1 N–H and O–H groups in total. The number of aryl methyl sites for hydroxylation is 1. The van der Waals surface area contributed by atoms with Crippen molar-refractivity contribution in [3.63, 3.8) is 0 Å². The highest BCUT2D eigenvalue weighted by Crippen LogP contribution is 2.44. The molecule has 0 unspecified atom stereocenters. The molecular weight excluding hydrogens is 323 g/mol. The van der Waals surface area contributed by atoms with Gasteiger partial charge in [-0.2, -0.15) is 0 Å². The highest BCUT2D eigenvalue weighted by molar-refractivity contribution is 7.18. The van der Waals surface area contributed by atoms with Crippen LogP contribution in [0.15, 0.2) is 42.5 Å². The Kier molecular flexibility index (Phi) is 3.61. The van der Waals surface area contributed by atoms with Gasteiger partial charge in [0, 0.05) is 5.69 Å². The van der Waals surface area contributed by atoms with Gasteiger partial charge in [-0.1, -0.05) is 18.6 Å². The van der Waals surface area contributed by atoms with Crippen LogP contribution in [0.4, 0.5) is 10.1 Å². The first-order chi connectivity index (χ1) is 11.6. The third-order valence-corrected chi connectivity index (χ3v) is 5.73. The molecule has 3 aromatic rings. The van der Waals surface area contributed by atoms with Crippen LogP contribution < -0.4 is 5.32 Å². The number of fused-ring (bicyclic) bond motifs is 1. The maximum absolute atomic E-state index is 13.2. The van der Waals surface area contributed by atoms with Gasteiger partial charge < -0.3 is 5.32 Å². The van der Waals surface area contributed by atoms with Crippen molar-refractivity contribution in [2.45, 2.75) is 31.6 Å². The van der Waals surface area contributed by atoms with Gasteiger partial charge in [0.05, 0.1) is 20.6 Å². The second kappa shape index (κ2) is 5.67. The van der Waals surface area contributed by atoms with Crippen molar-refractivity contribution in [3.8, 4) is 0 Å². The molecule has 0 radical (unpaired) electrons. The Balaban J connectivity index is 1.62. The molecule has 5 heteroatoms. The Hall–Kier alpha value is -2.27. The standard InChI is InChI=1S/C19H17FN2OS/c1-12-21-16-8-7-15(11-17(16)24-12)22-18(23)19(9-2-10-19)13-3-5-14(20)6-4-13/h3-8,11H,2,9-10H2,1H3,(H,22,23). The third kappa shape index (κ3) is 2.49. The lowest BCUT2D eigenvalue weighted by Gasteiger charge is -2.40. The van der Waals surface area contributed by atoms with Gasteiger partial charge in [0.25, 0.3) is 0 Å². The Bertz CT molecular complexity index is 913. The fourth-order valence-electron chi connectivity index (χ4n) is 3.31. The number of thiazole rings is 1. The number of nitrogens with one attached hydrogen (secondary N) is 1. The van der Waals surface area contributed by atoms with Crippen molar-refractivity contribution in [1.29, 1.82) is 0 Å². The topological polar surface area (TPSA) is 42.0 Å². The van der Waals surface area contributed by atoms with Crippen molar-refractivity contribution in [1.82, 2.24) is 4.98 Å². The Labute approximate surface area is 143 Å². The summed E-state index contributed by atoms with van der Waals surface area (Å²) in [6.07, 6.45) is 2.61. The number of halogens is 1. The number of hydrogen-bond donors (Lipinski definition) is 1. The van der Waals surface area contributed by atoms with Crippen LogP contribution in [0.3, 0.4) is 0 Å². The van der Waals surface area contributed by atoms with Gasteiger partial charge >= 0.3 is 0 Å². The number of hydrogen-bond acceptors (Lipinski definition) is 3. The lowest BCUT2D eigenvalue weighted by Crippen LogP contribution is -2.46. The number of nitrogens with zero attached hydrogens (tertiary/aromatic N) is 1. The zero-order valence-electron chi connectivity index (χ0n) is 13.3. The predicted molar refractivity (Wildman–Crippen MR) is 94.9 cm³/mol. The van der Waals surface area contributed by atoms with E-state index in [4.69, 9.17) is 0 Å². The SMILES string of the molecule is Cc1nc2ccc(NC(=O)C3(c4ccc(F)cc4)CCC3)cc2s1. The van der Waals surface area contributed by atoms with E-state index >= 15 is 0 Å². The van der Waals surface area contributed by atoms with Crippen molar-refractivity contribution in [2.24, 2.45) is 0 Å². The molecule has 2 aromatic carbocycles. The van der Waals surface area contributed by atoms with E-state index in [2.05, 4.69) is 10.3 Å². The lowest BCUT2D eigenvalue weighted by molar-refractivity contribution is -0.124. The van der Waals surface area contributed by atoms with Gasteiger partial charge in [-0.25, -0.2) is 9.37 Å². The number of carbonyl (C=O) groups excluding carboxylic acids is 1. The van der Waals surface area contributed by atoms with E-state index in [0.29, 0.717) is 0 Å². The van der Waals surface area contributed by atoms with Crippen LogP contribution in [0.5, 0.6) is 0 Å². The quantitative estimate of drug-likeness (QED) is 0.744. The molecule has 1 fully saturated rings. The van der Waals surface area contributed by atoms with Crippen molar-refractivity contribution in [2.75, 3.05) is 5.32 Å². The monoisotopic (exact) mass is 340 g/mol. The molecule has 1 saturated carbocycles. The van der Waals surface area contributed by atoms with Crippen LogP contribution in [-0.2, 0) is 10.2 Å². The Morgan fingerprint density at radius 2 is 1.96 bits per heavy atom. The smallest absolute Gasteiger partial charge is 0.235 e. The molecule has 1 aromatic heterocycles. The number of anilines is 1. The Morgan fingerprint density at radius 1 is 1.21 bits per heavy atom. The minimum absolute atomic E-state index is 0.0130. The fraction of sp³-hybridized carbons (Fsp3) is 0.263. The second-order valence-corrected chi connectivity index (χ2v) is 7.55. The third-order valence-electron chi connectivity index (χ3n) is 4.79. The first kappa shape index (κ1) is 15.3. The predicted octanol–water partition coefficient (Wildman–Crippen LogP) is 4.80. The summed E-state index contributed by atoms with van der Waals surface area (Å²) in [4.78, 5) is 17.4. The molecule has 24 heavy (non-hydrogen) atoms. The highest BCUT2D eigenvalue weighted by Gasteiger charge is 2.45. The van der Waals surface area contributed by atoms with Crippen molar-refractivity contribution >= 4 is 33.1 Å². The van der Waals surface area contributed by atoms with Crippen molar-refractivity contribution in [3.05, 3.63) is 58.9 Å². The number of benzene rings is 2. The van der Waals surface area contributed by atoms with Gasteiger partial charge in [-0.3, -0.25) is 4.79 Å². The van der Waals surface area contributed by atoms with Gasteiger partial charge in [0.15, 0.2) is 0 Å². The van der Waals surface area contributed by atoms with Crippen LogP contribution in [-0.4, -0.2) is 10.9 Å². The summed E-state index contributed by atoms with van der Waals surface area (Å²) in [5.41, 5.74) is 2.09. The number of carbonyl (C=O) groups is 1. The maximum Gasteiger partial charge on any atom is 0.235 e. The summed E-state index contributed by atoms with van der Waals surface area (Å²) >= 11 is 1.61. The minimum Gasteiger partial charge on any atom is -0.325 e. The summed E-state index contributed by atoms with van der Waals surface area (Å²) < 4.78 is 14.3. The van der Waals surface area contributed by atoms with Gasteiger partial charge in [0.2, 0.25) is 5.91 Å². The van der Waals surface area contributed by atoms with Crippen LogP contribution >= 0.6 is 11.3 Å². The lowest BCUT2D eigenvalue weighted by atomic mass is 9.64. The van der Waals surface area contributed by atoms with Crippen molar-refractivity contribution < 1.29 is 9.18 Å². The summed E-state index contributed by atoms with van der Waals surface area (Å²) in [6.45, 7) is 1.97. The molecular formula is C19H17FN2OS. The van der Waals surface area contributed by atoms with Crippen LogP contribution in [0, 0.1) is 12.7 Å². The number of rotatable bonds is 3. The van der Waals surface area contributed by atoms with Crippen LogP contribution in [0.2, 0.25) is 0 Å².